The summed E-state index contributed by atoms with van der Waals surface area (Å²) in [6.45, 7) is 2.72. The van der Waals surface area contributed by atoms with Gasteiger partial charge in [0.2, 0.25) is 5.91 Å². The summed E-state index contributed by atoms with van der Waals surface area (Å²) in [5.41, 5.74) is 1.98. The maximum atomic E-state index is 11.7. The summed E-state index contributed by atoms with van der Waals surface area (Å²) in [4.78, 5) is 11.7. The maximum Gasteiger partial charge on any atom is 0.227 e. The second-order valence-electron chi connectivity index (χ2n) is 5.80. The van der Waals surface area contributed by atoms with E-state index in [2.05, 4.69) is 10.6 Å². The maximum absolute atomic E-state index is 11.7. The molecule has 2 aliphatic rings. The molecule has 0 radical (unpaired) electrons. The average molecular weight is 274 g/mol. The molecule has 1 aromatic rings. The van der Waals surface area contributed by atoms with Gasteiger partial charge in [-0.15, -0.1) is 0 Å². The number of carbonyl (C=O) groups is 1. The van der Waals surface area contributed by atoms with E-state index in [1.807, 2.05) is 24.3 Å². The fourth-order valence-electron chi connectivity index (χ4n) is 2.49. The van der Waals surface area contributed by atoms with Crippen LogP contribution in [-0.2, 0) is 9.53 Å². The second kappa shape index (κ2) is 6.27. The van der Waals surface area contributed by atoms with Gasteiger partial charge in [-0.2, -0.15) is 0 Å². The van der Waals surface area contributed by atoms with Crippen molar-refractivity contribution in [1.29, 1.82) is 0 Å². The number of hydrogen-bond acceptors (Lipinski definition) is 3. The fraction of sp³-hybridized carbons (Fsp3) is 0.562. The lowest BCUT2D eigenvalue weighted by atomic mass is 10.0. The van der Waals surface area contributed by atoms with Gasteiger partial charge in [0.1, 0.15) is 0 Å². The summed E-state index contributed by atoms with van der Waals surface area (Å²) in [6.07, 6.45) is 4.48. The zero-order valence-electron chi connectivity index (χ0n) is 11.7. The zero-order chi connectivity index (χ0) is 13.8. The molecule has 1 heterocycles. The van der Waals surface area contributed by atoms with Crippen LogP contribution < -0.4 is 10.6 Å². The molecule has 0 bridgehead atoms. The Balaban J connectivity index is 1.46. The highest BCUT2D eigenvalue weighted by atomic mass is 16.5. The number of amides is 1. The molecule has 1 aliphatic heterocycles. The van der Waals surface area contributed by atoms with Crippen LogP contribution in [0.3, 0.4) is 0 Å². The molecule has 0 aromatic heterocycles. The third-order valence-corrected chi connectivity index (χ3v) is 3.95. The van der Waals surface area contributed by atoms with E-state index < -0.39 is 0 Å². The van der Waals surface area contributed by atoms with E-state index in [4.69, 9.17) is 4.74 Å². The number of ether oxygens (including phenoxy) is 1. The highest BCUT2D eigenvalue weighted by Crippen LogP contribution is 2.30. The summed E-state index contributed by atoms with van der Waals surface area (Å²) >= 11 is 0. The van der Waals surface area contributed by atoms with Gasteiger partial charge in [-0.1, -0.05) is 0 Å². The van der Waals surface area contributed by atoms with Gasteiger partial charge in [0, 0.05) is 30.4 Å². The molecular weight excluding hydrogens is 252 g/mol. The number of nitrogens with one attached hydrogen (secondary N) is 2. The first-order valence-electron chi connectivity index (χ1n) is 7.54. The van der Waals surface area contributed by atoms with Gasteiger partial charge in [0.05, 0.1) is 6.61 Å². The van der Waals surface area contributed by atoms with E-state index in [0.717, 1.165) is 44.0 Å². The third-order valence-electron chi connectivity index (χ3n) is 3.95. The molecule has 3 rings (SSSR count). The Morgan fingerprint density at radius 2 is 1.90 bits per heavy atom. The van der Waals surface area contributed by atoms with Crippen molar-refractivity contribution in [3.8, 4) is 0 Å². The fourth-order valence-corrected chi connectivity index (χ4v) is 2.49. The number of carbonyl (C=O) groups excluding carboxylic acids is 1. The minimum absolute atomic E-state index is 0.157. The zero-order valence-corrected chi connectivity index (χ0v) is 11.7. The van der Waals surface area contributed by atoms with E-state index in [1.165, 1.54) is 12.8 Å². The van der Waals surface area contributed by atoms with Crippen molar-refractivity contribution in [2.24, 2.45) is 11.8 Å². The molecule has 1 amide bonds. The Kier molecular flexibility index (Phi) is 4.21. The van der Waals surface area contributed by atoms with E-state index >= 15 is 0 Å². The van der Waals surface area contributed by atoms with E-state index in [0.29, 0.717) is 5.92 Å². The number of anilines is 2. The Morgan fingerprint density at radius 3 is 2.55 bits per heavy atom. The lowest BCUT2D eigenvalue weighted by Gasteiger charge is -2.22. The normalized spacial score (nSPS) is 22.3. The lowest BCUT2D eigenvalue weighted by Crippen LogP contribution is -2.24. The van der Waals surface area contributed by atoms with Crippen molar-refractivity contribution in [2.45, 2.75) is 25.7 Å². The molecular formula is C16H22N2O2. The number of benzene rings is 1. The van der Waals surface area contributed by atoms with Gasteiger partial charge < -0.3 is 15.4 Å². The molecule has 1 saturated heterocycles. The van der Waals surface area contributed by atoms with Crippen molar-refractivity contribution >= 4 is 17.3 Å². The average Bonchev–Trinajstić information content (AvgIpc) is 3.32. The molecule has 2 N–H and O–H groups in total. The molecule has 1 atom stereocenters. The van der Waals surface area contributed by atoms with Crippen LogP contribution in [-0.4, -0.2) is 25.7 Å². The van der Waals surface area contributed by atoms with Crippen molar-refractivity contribution in [3.63, 3.8) is 0 Å². The summed E-state index contributed by atoms with van der Waals surface area (Å²) in [6, 6.07) is 7.96. The van der Waals surface area contributed by atoms with Crippen molar-refractivity contribution in [2.75, 3.05) is 30.4 Å². The molecule has 1 saturated carbocycles. The molecule has 20 heavy (non-hydrogen) atoms. The first-order valence-corrected chi connectivity index (χ1v) is 7.54. The van der Waals surface area contributed by atoms with Crippen LogP contribution in [0.2, 0.25) is 0 Å². The van der Waals surface area contributed by atoms with E-state index in [1.54, 1.807) is 0 Å². The molecule has 0 spiro atoms. The lowest BCUT2D eigenvalue weighted by molar-refractivity contribution is -0.117. The summed E-state index contributed by atoms with van der Waals surface area (Å²) in [5.74, 6) is 1.02. The van der Waals surface area contributed by atoms with Crippen LogP contribution in [0.25, 0.3) is 0 Å². The highest BCUT2D eigenvalue weighted by Gasteiger charge is 2.29. The monoisotopic (exact) mass is 274 g/mol. The van der Waals surface area contributed by atoms with Gasteiger partial charge in [-0.25, -0.2) is 0 Å². The quantitative estimate of drug-likeness (QED) is 0.868. The van der Waals surface area contributed by atoms with Crippen LogP contribution in [0.1, 0.15) is 25.7 Å². The van der Waals surface area contributed by atoms with Crippen molar-refractivity contribution < 1.29 is 9.53 Å². The Hall–Kier alpha value is -1.55. The molecule has 1 aromatic carbocycles. The first-order chi connectivity index (χ1) is 9.81. The van der Waals surface area contributed by atoms with E-state index in [9.17, 15) is 4.79 Å². The van der Waals surface area contributed by atoms with Gasteiger partial charge in [-0.05, 0) is 55.9 Å². The van der Waals surface area contributed by atoms with Gasteiger partial charge in [-0.3, -0.25) is 4.79 Å². The molecule has 1 unspecified atom stereocenters. The largest absolute Gasteiger partial charge is 0.385 e. The summed E-state index contributed by atoms with van der Waals surface area (Å²) in [5, 5.41) is 6.39. The number of hydrogen-bond donors (Lipinski definition) is 2. The molecule has 2 fully saturated rings. The summed E-state index contributed by atoms with van der Waals surface area (Å²) < 4.78 is 5.47. The van der Waals surface area contributed by atoms with Crippen molar-refractivity contribution in [3.05, 3.63) is 24.3 Å². The van der Waals surface area contributed by atoms with Crippen LogP contribution in [0.4, 0.5) is 11.4 Å². The van der Waals surface area contributed by atoms with Crippen molar-refractivity contribution in [1.82, 2.24) is 0 Å². The van der Waals surface area contributed by atoms with Gasteiger partial charge in [0.25, 0.3) is 0 Å². The highest BCUT2D eigenvalue weighted by molar-refractivity contribution is 5.94. The molecule has 4 nitrogen and oxygen atoms in total. The van der Waals surface area contributed by atoms with Crippen LogP contribution >= 0.6 is 0 Å². The molecule has 108 valence electrons. The van der Waals surface area contributed by atoms with Crippen LogP contribution in [0, 0.1) is 11.8 Å². The van der Waals surface area contributed by atoms with Crippen LogP contribution in [0.15, 0.2) is 24.3 Å². The smallest absolute Gasteiger partial charge is 0.227 e. The molecule has 1 aliphatic carbocycles. The molecule has 4 heteroatoms. The van der Waals surface area contributed by atoms with Crippen LogP contribution in [0.5, 0.6) is 0 Å². The predicted octanol–water partition coefficient (Wildman–Crippen LogP) is 2.87. The first kappa shape index (κ1) is 13.4. The number of rotatable bonds is 5. The Morgan fingerprint density at radius 1 is 1.15 bits per heavy atom. The third kappa shape index (κ3) is 3.73. The minimum Gasteiger partial charge on any atom is -0.385 e. The summed E-state index contributed by atoms with van der Waals surface area (Å²) in [7, 11) is 0. The Labute approximate surface area is 119 Å². The predicted molar refractivity (Wildman–Crippen MR) is 79.8 cm³/mol. The van der Waals surface area contributed by atoms with Gasteiger partial charge in [0.15, 0.2) is 0 Å². The topological polar surface area (TPSA) is 50.4 Å². The minimum atomic E-state index is 0.157. The second-order valence-corrected chi connectivity index (χ2v) is 5.80. The Bertz CT molecular complexity index is 448. The van der Waals surface area contributed by atoms with Gasteiger partial charge >= 0.3 is 0 Å². The standard InChI is InChI=1S/C16H22N2O2/c19-16(13-3-4-13)18-15-7-5-14(6-8-15)17-10-12-2-1-9-20-11-12/h5-8,12-13,17H,1-4,9-11H2,(H,18,19). The van der Waals surface area contributed by atoms with E-state index in [-0.39, 0.29) is 11.8 Å². The SMILES string of the molecule is O=C(Nc1ccc(NCC2CCCOC2)cc1)C1CC1.